The van der Waals surface area contributed by atoms with Crippen LogP contribution in [0.1, 0.15) is 395 Å². The number of carbonyl (C=O) groups excluding carboxylic acids is 4. The minimum Gasteiger partial charge on any atom is -0.462 e. The van der Waals surface area contributed by atoms with Crippen LogP contribution in [0.25, 0.3) is 0 Å². The highest BCUT2D eigenvalue weighted by atomic mass is 31.2. The van der Waals surface area contributed by atoms with E-state index in [9.17, 15) is 43.2 Å². The first kappa shape index (κ1) is 94.1. The molecule has 96 heavy (non-hydrogen) atoms. The summed E-state index contributed by atoms with van der Waals surface area (Å²) < 4.78 is 68.3. The average molecular weight is 1410 g/mol. The van der Waals surface area contributed by atoms with Crippen molar-refractivity contribution in [1.82, 2.24) is 0 Å². The molecule has 0 aliphatic carbocycles. The van der Waals surface area contributed by atoms with Crippen molar-refractivity contribution in [2.24, 2.45) is 17.8 Å². The fourth-order valence-corrected chi connectivity index (χ4v) is 13.3. The molecule has 0 amide bonds. The van der Waals surface area contributed by atoms with Gasteiger partial charge >= 0.3 is 39.5 Å². The molecule has 0 spiro atoms. The number of phosphoric acid groups is 2. The number of hydrogen-bond donors (Lipinski definition) is 3. The summed E-state index contributed by atoms with van der Waals surface area (Å²) in [6.07, 6.45) is 54.6. The average Bonchev–Trinajstić information content (AvgIpc) is 1.42. The Bertz CT molecular complexity index is 1870. The van der Waals surface area contributed by atoms with Crippen molar-refractivity contribution in [3.05, 3.63) is 0 Å². The zero-order valence-electron chi connectivity index (χ0n) is 62.8. The first-order valence-corrected chi connectivity index (χ1v) is 42.9. The fraction of sp³-hybridized carbons (Fsp3) is 0.948. The quantitative estimate of drug-likeness (QED) is 0.0222. The molecule has 0 radical (unpaired) electrons. The van der Waals surface area contributed by atoms with Crippen molar-refractivity contribution < 1.29 is 80.2 Å². The molecule has 0 heterocycles. The minimum atomic E-state index is -4.96. The van der Waals surface area contributed by atoms with Crippen LogP contribution in [-0.4, -0.2) is 96.7 Å². The molecule has 19 heteroatoms. The van der Waals surface area contributed by atoms with Gasteiger partial charge in [0.05, 0.1) is 26.4 Å². The van der Waals surface area contributed by atoms with Gasteiger partial charge in [-0.05, 0) is 43.4 Å². The number of rotatable bonds is 75. The second-order valence-corrected chi connectivity index (χ2v) is 31.8. The Labute approximate surface area is 588 Å². The number of unbranched alkanes of at least 4 members (excludes halogenated alkanes) is 42. The molecule has 0 saturated carbocycles. The summed E-state index contributed by atoms with van der Waals surface area (Å²) in [5, 5.41) is 10.6. The van der Waals surface area contributed by atoms with Crippen molar-refractivity contribution in [3.63, 3.8) is 0 Å². The first-order chi connectivity index (χ1) is 46.3. The lowest BCUT2D eigenvalue weighted by Crippen LogP contribution is -2.30. The molecule has 0 aromatic rings. The third kappa shape index (κ3) is 69.2. The Hall–Kier alpha value is -1.94. The molecule has 3 N–H and O–H groups in total. The Morgan fingerprint density at radius 3 is 0.792 bits per heavy atom. The predicted molar refractivity (Wildman–Crippen MR) is 391 cm³/mol. The smallest absolute Gasteiger partial charge is 0.462 e. The number of carbonyl (C=O) groups is 4. The predicted octanol–water partition coefficient (Wildman–Crippen LogP) is 22.6. The first-order valence-electron chi connectivity index (χ1n) is 39.9. The third-order valence-corrected chi connectivity index (χ3v) is 20.1. The van der Waals surface area contributed by atoms with Crippen LogP contribution >= 0.6 is 15.6 Å². The maximum Gasteiger partial charge on any atom is 0.472 e. The molecule has 570 valence electrons. The Balaban J connectivity index is 5.12. The van der Waals surface area contributed by atoms with Gasteiger partial charge in [0, 0.05) is 25.7 Å². The van der Waals surface area contributed by atoms with E-state index in [2.05, 4.69) is 48.5 Å². The van der Waals surface area contributed by atoms with Crippen LogP contribution in [0.15, 0.2) is 0 Å². The molecule has 0 aromatic carbocycles. The number of hydrogen-bond acceptors (Lipinski definition) is 15. The molecule has 3 unspecified atom stereocenters. The van der Waals surface area contributed by atoms with E-state index in [0.717, 1.165) is 114 Å². The van der Waals surface area contributed by atoms with Crippen LogP contribution in [0.5, 0.6) is 0 Å². The highest BCUT2D eigenvalue weighted by Gasteiger charge is 2.30. The Morgan fingerprint density at radius 1 is 0.302 bits per heavy atom. The van der Waals surface area contributed by atoms with E-state index in [1.54, 1.807) is 0 Å². The molecular weight excluding hydrogens is 1260 g/mol. The van der Waals surface area contributed by atoms with Gasteiger partial charge in [0.15, 0.2) is 12.2 Å². The van der Waals surface area contributed by atoms with Crippen molar-refractivity contribution in [1.29, 1.82) is 0 Å². The zero-order valence-corrected chi connectivity index (χ0v) is 64.6. The summed E-state index contributed by atoms with van der Waals surface area (Å²) in [6, 6.07) is 0. The number of ether oxygens (including phenoxy) is 4. The van der Waals surface area contributed by atoms with E-state index in [1.807, 2.05) is 0 Å². The molecule has 0 bridgehead atoms. The van der Waals surface area contributed by atoms with Gasteiger partial charge in [0.25, 0.3) is 0 Å². The standard InChI is InChI=1S/C77H150O17P2/c1-8-10-11-41-51-58-74(79)87-64-72(93-76(81)61-54-47-40-34-28-27-30-36-43-49-56-69(5)6)66-91-95(83,84)89-62-71(78)63-90-96(85,86)92-67-73(65-88-75(80)59-52-45-38-32-25-22-18-19-23-29-35-42-48-55-68(3)4)94-77(82)60-53-46-39-33-26-21-17-15-13-12-14-16-20-24-31-37-44-50-57-70(7)9-2/h68-73,78H,8-67H2,1-7H3,(H,83,84)(H,85,86)/t70?,71-,72+,73+/m0/s1. The third-order valence-electron chi connectivity index (χ3n) is 18.2. The Kier molecular flexibility index (Phi) is 66.2. The minimum absolute atomic E-state index is 0.105. The number of aliphatic hydroxyl groups is 1. The zero-order chi connectivity index (χ0) is 70.9. The van der Waals surface area contributed by atoms with Crippen molar-refractivity contribution in [2.75, 3.05) is 39.6 Å². The van der Waals surface area contributed by atoms with Crippen LogP contribution < -0.4 is 0 Å². The highest BCUT2D eigenvalue weighted by molar-refractivity contribution is 7.47. The molecule has 0 aliphatic heterocycles. The molecule has 17 nitrogen and oxygen atoms in total. The van der Waals surface area contributed by atoms with Gasteiger partial charge in [-0.1, -0.05) is 344 Å². The SMILES string of the molecule is CCCCCCCC(=O)OC[C@H](COP(=O)(O)OC[C@H](O)COP(=O)(O)OC[C@@H](COC(=O)CCCCCCCCCCCCCCCC(C)C)OC(=O)CCCCCCCCCCCCCCCCCCCCC(C)CC)OC(=O)CCCCCCCCCCCCC(C)C. The monoisotopic (exact) mass is 1410 g/mol. The van der Waals surface area contributed by atoms with E-state index in [1.165, 1.54) is 199 Å². The Morgan fingerprint density at radius 2 is 0.531 bits per heavy atom. The van der Waals surface area contributed by atoms with E-state index in [-0.39, 0.29) is 25.7 Å². The summed E-state index contributed by atoms with van der Waals surface area (Å²) in [7, 11) is -9.90. The summed E-state index contributed by atoms with van der Waals surface area (Å²) in [5.74, 6) is 0.286. The maximum atomic E-state index is 13.1. The fourth-order valence-electron chi connectivity index (χ4n) is 11.7. The second kappa shape index (κ2) is 67.5. The van der Waals surface area contributed by atoms with Crippen molar-refractivity contribution >= 4 is 39.5 Å². The lowest BCUT2D eigenvalue weighted by Gasteiger charge is -2.21. The van der Waals surface area contributed by atoms with Crippen molar-refractivity contribution in [2.45, 2.75) is 414 Å². The molecule has 6 atom stereocenters. The number of esters is 4. The lowest BCUT2D eigenvalue weighted by molar-refractivity contribution is -0.161. The van der Waals surface area contributed by atoms with Gasteiger partial charge in [-0.25, -0.2) is 9.13 Å². The van der Waals surface area contributed by atoms with E-state index in [4.69, 9.17) is 37.0 Å². The summed E-state index contributed by atoms with van der Waals surface area (Å²) in [4.78, 5) is 72.5. The van der Waals surface area contributed by atoms with Crippen LogP contribution in [0.3, 0.4) is 0 Å². The van der Waals surface area contributed by atoms with Gasteiger partial charge in [0.2, 0.25) is 0 Å². The normalized spacial score (nSPS) is 14.3. The van der Waals surface area contributed by atoms with Gasteiger partial charge < -0.3 is 33.8 Å². The van der Waals surface area contributed by atoms with E-state index in [0.29, 0.717) is 25.7 Å². The van der Waals surface area contributed by atoms with Crippen LogP contribution in [0.4, 0.5) is 0 Å². The van der Waals surface area contributed by atoms with Crippen LogP contribution in [0.2, 0.25) is 0 Å². The maximum absolute atomic E-state index is 13.1. The van der Waals surface area contributed by atoms with Gasteiger partial charge in [0.1, 0.15) is 19.3 Å². The largest absolute Gasteiger partial charge is 0.472 e. The molecule has 0 aliphatic rings. The molecule has 0 fully saturated rings. The molecule has 0 rings (SSSR count). The number of phosphoric ester groups is 2. The second-order valence-electron chi connectivity index (χ2n) is 28.9. The summed E-state index contributed by atoms with van der Waals surface area (Å²) in [5.41, 5.74) is 0. The van der Waals surface area contributed by atoms with Gasteiger partial charge in [-0.2, -0.15) is 0 Å². The van der Waals surface area contributed by atoms with Gasteiger partial charge in [-0.3, -0.25) is 37.3 Å². The van der Waals surface area contributed by atoms with E-state index >= 15 is 0 Å². The molecule has 0 aromatic heterocycles. The molecular formula is C77H150O17P2. The topological polar surface area (TPSA) is 237 Å². The van der Waals surface area contributed by atoms with Crippen LogP contribution in [0, 0.1) is 17.8 Å². The lowest BCUT2D eigenvalue weighted by atomic mass is 9.99. The highest BCUT2D eigenvalue weighted by Crippen LogP contribution is 2.45. The number of aliphatic hydroxyl groups excluding tert-OH is 1. The van der Waals surface area contributed by atoms with Gasteiger partial charge in [-0.15, -0.1) is 0 Å². The van der Waals surface area contributed by atoms with Crippen molar-refractivity contribution in [3.8, 4) is 0 Å². The molecule has 0 saturated heterocycles. The summed E-state index contributed by atoms with van der Waals surface area (Å²) >= 11 is 0. The summed E-state index contributed by atoms with van der Waals surface area (Å²) in [6.45, 7) is 11.9. The van der Waals surface area contributed by atoms with E-state index < -0.39 is 97.5 Å². The van der Waals surface area contributed by atoms with Crippen LogP contribution in [-0.2, 0) is 65.4 Å².